The topological polar surface area (TPSA) is 135 Å². The number of aromatic nitrogens is 1. The Labute approximate surface area is 143 Å². The smallest absolute Gasteiger partial charge is 0.303 e. The Morgan fingerprint density at radius 3 is 2.52 bits per heavy atom. The molecule has 0 amide bonds. The molecule has 2 rings (SSSR count). The van der Waals surface area contributed by atoms with Crippen LogP contribution < -0.4 is 0 Å². The third kappa shape index (κ3) is 4.40. The molecular formula is C18H13N3O4. The van der Waals surface area contributed by atoms with Crippen molar-refractivity contribution >= 4 is 11.8 Å². The first kappa shape index (κ1) is 17.6. The lowest BCUT2D eigenvalue weighted by Gasteiger charge is -2.08. The molecule has 0 atom stereocenters. The fourth-order valence-corrected chi connectivity index (χ4v) is 2.26. The van der Waals surface area contributed by atoms with Crippen LogP contribution in [-0.4, -0.2) is 26.9 Å². The number of carbonyl (C=O) groups is 2. The molecule has 0 radical (unpaired) electrons. The Hall–Kier alpha value is -3.71. The van der Waals surface area contributed by atoms with Gasteiger partial charge in [0.1, 0.15) is 11.8 Å². The molecule has 7 nitrogen and oxygen atoms in total. The zero-order chi connectivity index (χ0) is 18.4. The Balaban J connectivity index is 2.37. The molecular weight excluding hydrogens is 322 g/mol. The number of carboxylic acids is 1. The summed E-state index contributed by atoms with van der Waals surface area (Å²) < 4.78 is 0. The average Bonchev–Trinajstić information content (AvgIpc) is 2.61. The maximum Gasteiger partial charge on any atom is 0.303 e. The summed E-state index contributed by atoms with van der Waals surface area (Å²) in [6.45, 7) is 0. The van der Waals surface area contributed by atoms with Crippen molar-refractivity contribution in [2.24, 2.45) is 0 Å². The van der Waals surface area contributed by atoms with Crippen molar-refractivity contribution in [2.75, 3.05) is 0 Å². The second-order valence-electron chi connectivity index (χ2n) is 5.28. The van der Waals surface area contributed by atoms with E-state index in [1.54, 1.807) is 30.3 Å². The van der Waals surface area contributed by atoms with E-state index >= 15 is 0 Å². The normalized spacial score (nSPS) is 9.84. The molecule has 7 heteroatoms. The number of carboxylic acid groups (broad SMARTS) is 1. The molecule has 1 aromatic heterocycles. The summed E-state index contributed by atoms with van der Waals surface area (Å²) in [5.41, 5.74) is 1.16. The van der Waals surface area contributed by atoms with Gasteiger partial charge in [-0.3, -0.25) is 9.59 Å². The highest BCUT2D eigenvalue weighted by atomic mass is 16.4. The van der Waals surface area contributed by atoms with Crippen molar-refractivity contribution in [1.82, 2.24) is 4.98 Å². The number of pyridine rings is 1. The van der Waals surface area contributed by atoms with E-state index < -0.39 is 23.9 Å². The highest BCUT2D eigenvalue weighted by molar-refractivity contribution is 5.98. The monoisotopic (exact) mass is 335 g/mol. The third-order valence-electron chi connectivity index (χ3n) is 3.44. The van der Waals surface area contributed by atoms with Crippen LogP contribution in [0.25, 0.3) is 0 Å². The van der Waals surface area contributed by atoms with E-state index in [1.807, 2.05) is 6.07 Å². The lowest BCUT2D eigenvalue weighted by molar-refractivity contribution is -0.136. The second kappa shape index (κ2) is 7.71. The van der Waals surface area contributed by atoms with E-state index in [1.165, 1.54) is 6.07 Å². The molecule has 1 heterocycles. The number of nitriles is 2. The van der Waals surface area contributed by atoms with Crippen LogP contribution >= 0.6 is 0 Å². The van der Waals surface area contributed by atoms with E-state index in [0.717, 1.165) is 5.56 Å². The van der Waals surface area contributed by atoms with Gasteiger partial charge in [-0.05, 0) is 23.8 Å². The highest BCUT2D eigenvalue weighted by Gasteiger charge is 2.19. The number of Topliss-reactive ketones (excluding diaryl/α,β-unsaturated/α-hetero) is 1. The number of hydrogen-bond acceptors (Lipinski definition) is 6. The first-order valence-corrected chi connectivity index (χ1v) is 7.31. The number of aliphatic carboxylic acids is 1. The van der Waals surface area contributed by atoms with Crippen molar-refractivity contribution in [3.05, 3.63) is 58.4 Å². The van der Waals surface area contributed by atoms with Gasteiger partial charge in [0.25, 0.3) is 0 Å². The van der Waals surface area contributed by atoms with Gasteiger partial charge in [-0.1, -0.05) is 12.1 Å². The summed E-state index contributed by atoms with van der Waals surface area (Å²) in [5, 5.41) is 36.7. The Bertz CT molecular complexity index is 923. The van der Waals surface area contributed by atoms with Crippen LogP contribution in [-0.2, 0) is 11.2 Å². The summed E-state index contributed by atoms with van der Waals surface area (Å²) in [6, 6.07) is 12.0. The summed E-state index contributed by atoms with van der Waals surface area (Å²) in [6.07, 6.45) is -0.464. The molecule has 0 saturated heterocycles. The quantitative estimate of drug-likeness (QED) is 0.772. The van der Waals surface area contributed by atoms with Crippen LogP contribution in [0.2, 0.25) is 0 Å². The van der Waals surface area contributed by atoms with Crippen LogP contribution in [0.1, 0.15) is 45.7 Å². The van der Waals surface area contributed by atoms with Gasteiger partial charge in [0.2, 0.25) is 0 Å². The highest BCUT2D eigenvalue weighted by Crippen LogP contribution is 2.24. The molecule has 0 spiro atoms. The maximum absolute atomic E-state index is 12.1. The number of nitrogens with zero attached hydrogens (tertiary/aromatic N) is 3. The van der Waals surface area contributed by atoms with E-state index in [4.69, 9.17) is 15.6 Å². The van der Waals surface area contributed by atoms with Gasteiger partial charge in [0, 0.05) is 18.5 Å². The number of hydrogen-bond donors (Lipinski definition) is 2. The maximum atomic E-state index is 12.1. The van der Waals surface area contributed by atoms with Crippen LogP contribution in [0.15, 0.2) is 30.3 Å². The predicted octanol–water partition coefficient (Wildman–Crippen LogP) is 2.17. The van der Waals surface area contributed by atoms with Crippen molar-refractivity contribution in [3.8, 4) is 17.9 Å². The Kier molecular flexibility index (Phi) is 5.44. The zero-order valence-corrected chi connectivity index (χ0v) is 13.1. The summed E-state index contributed by atoms with van der Waals surface area (Å²) in [4.78, 5) is 26.8. The van der Waals surface area contributed by atoms with E-state index in [9.17, 15) is 14.7 Å². The van der Waals surface area contributed by atoms with Crippen LogP contribution in [0.4, 0.5) is 0 Å². The zero-order valence-electron chi connectivity index (χ0n) is 13.1. The Morgan fingerprint density at radius 2 is 1.88 bits per heavy atom. The minimum atomic E-state index is -1.14. The van der Waals surface area contributed by atoms with Crippen molar-refractivity contribution in [1.29, 1.82) is 10.5 Å². The van der Waals surface area contributed by atoms with Gasteiger partial charge < -0.3 is 10.2 Å². The number of carbonyl (C=O) groups excluding carboxylic acids is 1. The standard InChI is InChI=1S/C18H13N3O4/c19-9-12-3-1-2-11(6-12)7-14-8-13(10-20)18(25)17(21-14)15(22)4-5-16(23)24/h1-3,6,8,25H,4-5,7H2,(H,23,24). The molecule has 0 aliphatic carbocycles. The molecule has 2 aromatic rings. The lowest BCUT2D eigenvalue weighted by Crippen LogP contribution is -2.09. The van der Waals surface area contributed by atoms with E-state index in [0.29, 0.717) is 11.3 Å². The van der Waals surface area contributed by atoms with Gasteiger partial charge in [-0.15, -0.1) is 0 Å². The SMILES string of the molecule is N#Cc1cccc(Cc2cc(C#N)c(O)c(C(=O)CCC(=O)O)n2)c1. The fraction of sp³-hybridized carbons (Fsp3) is 0.167. The van der Waals surface area contributed by atoms with Crippen molar-refractivity contribution in [2.45, 2.75) is 19.3 Å². The minimum Gasteiger partial charge on any atom is -0.504 e. The molecule has 1 aromatic carbocycles. The van der Waals surface area contributed by atoms with Gasteiger partial charge in [0.05, 0.1) is 23.6 Å². The average molecular weight is 335 g/mol. The first-order valence-electron chi connectivity index (χ1n) is 7.31. The van der Waals surface area contributed by atoms with Gasteiger partial charge in [-0.2, -0.15) is 10.5 Å². The minimum absolute atomic E-state index is 0.111. The van der Waals surface area contributed by atoms with Crippen molar-refractivity contribution < 1.29 is 19.8 Å². The Morgan fingerprint density at radius 1 is 1.12 bits per heavy atom. The lowest BCUT2D eigenvalue weighted by atomic mass is 10.0. The van der Waals surface area contributed by atoms with Crippen LogP contribution in [0.5, 0.6) is 5.75 Å². The van der Waals surface area contributed by atoms with Crippen LogP contribution in [0.3, 0.4) is 0 Å². The molecule has 124 valence electrons. The number of aromatic hydroxyl groups is 1. The molecule has 2 N–H and O–H groups in total. The largest absolute Gasteiger partial charge is 0.504 e. The van der Waals surface area contributed by atoms with Gasteiger partial charge in [-0.25, -0.2) is 4.98 Å². The molecule has 0 bridgehead atoms. The predicted molar refractivity (Wildman–Crippen MR) is 85.8 cm³/mol. The summed E-state index contributed by atoms with van der Waals surface area (Å²) in [5.74, 6) is -2.34. The van der Waals surface area contributed by atoms with E-state index in [2.05, 4.69) is 4.98 Å². The third-order valence-corrected chi connectivity index (χ3v) is 3.44. The summed E-state index contributed by atoms with van der Waals surface area (Å²) in [7, 11) is 0. The number of benzene rings is 1. The molecule has 0 aliphatic rings. The molecule has 0 aliphatic heterocycles. The molecule has 0 fully saturated rings. The van der Waals surface area contributed by atoms with Gasteiger partial charge >= 0.3 is 5.97 Å². The van der Waals surface area contributed by atoms with Crippen molar-refractivity contribution in [3.63, 3.8) is 0 Å². The van der Waals surface area contributed by atoms with E-state index in [-0.39, 0.29) is 24.1 Å². The molecule has 0 unspecified atom stereocenters. The number of ketones is 1. The molecule has 25 heavy (non-hydrogen) atoms. The first-order chi connectivity index (χ1) is 11.9. The number of rotatable bonds is 6. The fourth-order valence-electron chi connectivity index (χ4n) is 2.26. The van der Waals surface area contributed by atoms with Gasteiger partial charge in [0.15, 0.2) is 11.5 Å². The second-order valence-corrected chi connectivity index (χ2v) is 5.28. The molecule has 0 saturated carbocycles. The van der Waals surface area contributed by atoms with Crippen LogP contribution in [0, 0.1) is 22.7 Å². The summed E-state index contributed by atoms with van der Waals surface area (Å²) >= 11 is 0.